The maximum absolute atomic E-state index is 14.9. The Labute approximate surface area is 191 Å². The summed E-state index contributed by atoms with van der Waals surface area (Å²) in [6.07, 6.45) is -12.4. The highest BCUT2D eigenvalue weighted by molar-refractivity contribution is 14.1. The Bertz CT molecular complexity index is 872. The third-order valence-corrected chi connectivity index (χ3v) is 7.47. The van der Waals surface area contributed by atoms with E-state index >= 15 is 0 Å². The molecule has 2 aromatic rings. The average molecular weight is 727 g/mol. The molecular formula is C17H9F7I3. The Balaban J connectivity index is 3.04. The van der Waals surface area contributed by atoms with Gasteiger partial charge < -0.3 is 0 Å². The molecule has 1 radical (unpaired) electrons. The summed E-state index contributed by atoms with van der Waals surface area (Å²) in [5.74, 6) is 0. The molecular weight excluding hydrogens is 718 g/mol. The van der Waals surface area contributed by atoms with Crippen LogP contribution in [0.25, 0.3) is 11.1 Å². The Hall–Kier alpha value is 0.140. The van der Waals surface area contributed by atoms with Crippen molar-refractivity contribution in [2.75, 3.05) is 0 Å². The van der Waals surface area contributed by atoms with E-state index in [1.807, 2.05) is 67.8 Å². The van der Waals surface area contributed by atoms with Gasteiger partial charge in [0, 0.05) is 16.3 Å². The Morgan fingerprint density at radius 2 is 1.33 bits per heavy atom. The molecule has 0 saturated carbocycles. The molecule has 0 atom stereocenters. The highest BCUT2D eigenvalue weighted by Crippen LogP contribution is 2.56. The fourth-order valence-electron chi connectivity index (χ4n) is 2.71. The lowest BCUT2D eigenvalue weighted by atomic mass is 9.83. The zero-order chi connectivity index (χ0) is 20.9. The third kappa shape index (κ3) is 4.21. The van der Waals surface area contributed by atoms with Crippen molar-refractivity contribution in [2.24, 2.45) is 0 Å². The van der Waals surface area contributed by atoms with Gasteiger partial charge in [-0.15, -0.1) is 0 Å². The predicted molar refractivity (Wildman–Crippen MR) is 113 cm³/mol. The van der Waals surface area contributed by atoms with Crippen LogP contribution in [0.4, 0.5) is 30.7 Å². The average Bonchev–Trinajstić information content (AvgIpc) is 2.47. The zero-order valence-electron chi connectivity index (χ0n) is 13.5. The molecule has 0 bridgehead atoms. The molecule has 0 aliphatic heterocycles. The normalized spacial score (nSPS) is 13.2. The van der Waals surface area contributed by atoms with Gasteiger partial charge in [0.05, 0.1) is 0 Å². The van der Waals surface area contributed by atoms with Gasteiger partial charge in [-0.1, -0.05) is 6.07 Å². The summed E-state index contributed by atoms with van der Waals surface area (Å²) in [5, 5.41) is 0. The first kappa shape index (κ1) is 23.4. The molecule has 2 aromatic carbocycles. The summed E-state index contributed by atoms with van der Waals surface area (Å²) in [6.45, 7) is 2.60. The van der Waals surface area contributed by atoms with Gasteiger partial charge in [0.1, 0.15) is 0 Å². The minimum atomic E-state index is -6.18. The largest absolute Gasteiger partial charge is 0.435 e. The van der Waals surface area contributed by atoms with E-state index in [4.69, 9.17) is 0 Å². The molecule has 0 saturated heterocycles. The summed E-state index contributed by atoms with van der Waals surface area (Å²) < 4.78 is 96.9. The van der Waals surface area contributed by atoms with Crippen molar-refractivity contribution >= 4 is 67.8 Å². The second-order valence-corrected chi connectivity index (χ2v) is 9.26. The number of aryl methyl sites for hydroxylation is 2. The van der Waals surface area contributed by atoms with Gasteiger partial charge in [-0.25, -0.2) is 4.39 Å². The SMILES string of the molecule is Cc1[c]c(C)c(-c2cc(I)cc(I)c2I)c(C(F)(C(F)(F)F)C(F)(F)F)c1. The van der Waals surface area contributed by atoms with Gasteiger partial charge in [0.25, 0.3) is 0 Å². The van der Waals surface area contributed by atoms with Crippen molar-refractivity contribution < 1.29 is 30.7 Å². The van der Waals surface area contributed by atoms with Crippen LogP contribution in [-0.2, 0) is 5.67 Å². The quantitative estimate of drug-likeness (QED) is 0.168. The topological polar surface area (TPSA) is 0 Å². The Morgan fingerprint density at radius 1 is 0.815 bits per heavy atom. The van der Waals surface area contributed by atoms with E-state index in [-0.39, 0.29) is 16.7 Å². The summed E-state index contributed by atoms with van der Waals surface area (Å²) in [4.78, 5) is 0. The van der Waals surface area contributed by atoms with Gasteiger partial charge in [-0.05, 0) is 122 Å². The highest BCUT2D eigenvalue weighted by Gasteiger charge is 2.74. The molecule has 0 spiro atoms. The maximum Gasteiger partial charge on any atom is 0.435 e. The molecule has 27 heavy (non-hydrogen) atoms. The summed E-state index contributed by atoms with van der Waals surface area (Å²) in [5.41, 5.74) is -7.32. The van der Waals surface area contributed by atoms with Crippen LogP contribution in [0.3, 0.4) is 0 Å². The second-order valence-electron chi connectivity index (χ2n) is 5.77. The smallest absolute Gasteiger partial charge is 0.218 e. The molecule has 10 heteroatoms. The lowest BCUT2D eigenvalue weighted by Crippen LogP contribution is -2.50. The number of hydrogen-bond donors (Lipinski definition) is 0. The number of benzene rings is 2. The molecule has 0 amide bonds. The van der Waals surface area contributed by atoms with Crippen LogP contribution >= 0.6 is 67.8 Å². The molecule has 147 valence electrons. The second kappa shape index (κ2) is 7.76. The van der Waals surface area contributed by atoms with E-state index in [0.29, 0.717) is 16.8 Å². The van der Waals surface area contributed by atoms with Gasteiger partial charge in [-0.3, -0.25) is 0 Å². The molecule has 0 N–H and O–H groups in total. The van der Waals surface area contributed by atoms with Gasteiger partial charge >= 0.3 is 18.0 Å². The van der Waals surface area contributed by atoms with E-state index in [1.54, 1.807) is 6.07 Å². The Morgan fingerprint density at radius 3 is 1.81 bits per heavy atom. The number of hydrogen-bond acceptors (Lipinski definition) is 0. The lowest BCUT2D eigenvalue weighted by Gasteiger charge is -2.33. The summed E-state index contributed by atoms with van der Waals surface area (Å²) in [7, 11) is 0. The predicted octanol–water partition coefficient (Wildman–Crippen LogP) is 7.87. The van der Waals surface area contributed by atoms with Crippen molar-refractivity contribution in [3.63, 3.8) is 0 Å². The molecule has 0 fully saturated rings. The van der Waals surface area contributed by atoms with Crippen molar-refractivity contribution in [3.05, 3.63) is 51.7 Å². The summed E-state index contributed by atoms with van der Waals surface area (Å²) >= 11 is 5.65. The van der Waals surface area contributed by atoms with Crippen LogP contribution in [-0.4, -0.2) is 12.4 Å². The van der Waals surface area contributed by atoms with Crippen LogP contribution in [0.5, 0.6) is 0 Å². The van der Waals surface area contributed by atoms with Gasteiger partial charge in [0.15, 0.2) is 0 Å². The molecule has 0 aliphatic rings. The third-order valence-electron chi connectivity index (χ3n) is 3.80. The van der Waals surface area contributed by atoms with Crippen molar-refractivity contribution in [1.82, 2.24) is 0 Å². The highest BCUT2D eigenvalue weighted by atomic mass is 127. The van der Waals surface area contributed by atoms with Crippen molar-refractivity contribution in [2.45, 2.75) is 31.9 Å². The van der Waals surface area contributed by atoms with Crippen LogP contribution in [0.1, 0.15) is 16.7 Å². The van der Waals surface area contributed by atoms with E-state index in [0.717, 1.165) is 0 Å². The monoisotopic (exact) mass is 727 g/mol. The molecule has 2 rings (SSSR count). The minimum Gasteiger partial charge on any atom is -0.218 e. The first-order valence-corrected chi connectivity index (χ1v) is 10.4. The van der Waals surface area contributed by atoms with E-state index in [1.165, 1.54) is 19.9 Å². The molecule has 0 heterocycles. The molecule has 0 unspecified atom stereocenters. The lowest BCUT2D eigenvalue weighted by molar-refractivity contribution is -0.348. The van der Waals surface area contributed by atoms with Crippen molar-refractivity contribution in [3.8, 4) is 11.1 Å². The standard InChI is InChI=1S/C17H9F7I3/c1-7-3-8(2)13(10-5-9(25)6-12(26)14(10)27)11(4-7)15(18,16(19,20)21)17(22,23)24/h4-6H,1-2H3. The first-order valence-electron chi connectivity index (χ1n) is 7.12. The fraction of sp³-hybridized carbons (Fsp3) is 0.294. The van der Waals surface area contributed by atoms with Crippen molar-refractivity contribution in [1.29, 1.82) is 0 Å². The number of rotatable bonds is 2. The van der Waals surface area contributed by atoms with Crippen LogP contribution in [0, 0.1) is 30.6 Å². The van der Waals surface area contributed by atoms with Crippen LogP contribution < -0.4 is 0 Å². The van der Waals surface area contributed by atoms with Gasteiger partial charge in [0.2, 0.25) is 0 Å². The van der Waals surface area contributed by atoms with E-state index in [2.05, 4.69) is 6.07 Å². The number of alkyl halides is 7. The molecule has 0 aromatic heterocycles. The van der Waals surface area contributed by atoms with E-state index in [9.17, 15) is 30.7 Å². The molecule has 0 aliphatic carbocycles. The minimum absolute atomic E-state index is 0.0104. The number of halogens is 10. The van der Waals surface area contributed by atoms with Gasteiger partial charge in [-0.2, -0.15) is 26.3 Å². The zero-order valence-corrected chi connectivity index (χ0v) is 20.0. The Kier molecular flexibility index (Phi) is 6.73. The summed E-state index contributed by atoms with van der Waals surface area (Å²) in [6, 6.07) is 6.44. The van der Waals surface area contributed by atoms with E-state index < -0.39 is 29.1 Å². The van der Waals surface area contributed by atoms with Crippen LogP contribution in [0.15, 0.2) is 18.2 Å². The molecule has 0 nitrogen and oxygen atoms in total. The maximum atomic E-state index is 14.9. The first-order chi connectivity index (χ1) is 12.1. The van der Waals surface area contributed by atoms with Crippen LogP contribution in [0.2, 0.25) is 0 Å². The fourth-order valence-corrected chi connectivity index (χ4v) is 5.13.